The summed E-state index contributed by atoms with van der Waals surface area (Å²) in [6.07, 6.45) is 1.38. The normalized spacial score (nSPS) is 9.94. The standard InChI is InChI=1S/C13H11NO3/c1-17-13(16)10-7-11(15)12(14-8-10)9-5-3-2-4-6-9/h2-8,15H,1H3. The van der Waals surface area contributed by atoms with Crippen LogP contribution in [0, 0.1) is 0 Å². The highest BCUT2D eigenvalue weighted by atomic mass is 16.5. The van der Waals surface area contributed by atoms with Crippen LogP contribution in [0.5, 0.6) is 5.75 Å². The van der Waals surface area contributed by atoms with Gasteiger partial charge in [-0.3, -0.25) is 4.98 Å². The van der Waals surface area contributed by atoms with E-state index in [0.717, 1.165) is 5.56 Å². The zero-order valence-corrected chi connectivity index (χ0v) is 9.25. The number of methoxy groups -OCH3 is 1. The third-order valence-electron chi connectivity index (χ3n) is 2.34. The average Bonchev–Trinajstić information content (AvgIpc) is 2.38. The number of nitrogens with zero attached hydrogens (tertiary/aromatic N) is 1. The molecule has 1 N–H and O–H groups in total. The Kier molecular flexibility index (Phi) is 3.05. The van der Waals surface area contributed by atoms with E-state index >= 15 is 0 Å². The van der Waals surface area contributed by atoms with Gasteiger partial charge in [-0.1, -0.05) is 30.3 Å². The van der Waals surface area contributed by atoms with Crippen molar-refractivity contribution in [3.63, 3.8) is 0 Å². The molecular weight excluding hydrogens is 218 g/mol. The summed E-state index contributed by atoms with van der Waals surface area (Å²) in [4.78, 5) is 15.3. The number of hydrogen-bond donors (Lipinski definition) is 1. The first-order valence-corrected chi connectivity index (χ1v) is 5.05. The van der Waals surface area contributed by atoms with E-state index in [1.165, 1.54) is 19.4 Å². The Balaban J connectivity index is 2.42. The van der Waals surface area contributed by atoms with Crippen LogP contribution in [-0.2, 0) is 4.74 Å². The van der Waals surface area contributed by atoms with E-state index in [1.54, 1.807) is 0 Å². The van der Waals surface area contributed by atoms with Crippen molar-refractivity contribution in [2.75, 3.05) is 7.11 Å². The molecule has 1 heterocycles. The Hall–Kier alpha value is -2.36. The molecule has 2 rings (SSSR count). The van der Waals surface area contributed by atoms with Crippen LogP contribution in [-0.4, -0.2) is 23.2 Å². The molecule has 0 aliphatic carbocycles. The van der Waals surface area contributed by atoms with Crippen molar-refractivity contribution in [3.05, 3.63) is 48.2 Å². The van der Waals surface area contributed by atoms with Gasteiger partial charge in [0, 0.05) is 11.8 Å². The number of carbonyl (C=O) groups is 1. The summed E-state index contributed by atoms with van der Waals surface area (Å²) in [5, 5.41) is 9.82. The zero-order valence-electron chi connectivity index (χ0n) is 9.25. The van der Waals surface area contributed by atoms with Gasteiger partial charge in [0.05, 0.1) is 12.7 Å². The highest BCUT2D eigenvalue weighted by Gasteiger charge is 2.11. The Morgan fingerprint density at radius 3 is 2.59 bits per heavy atom. The highest BCUT2D eigenvalue weighted by Crippen LogP contribution is 2.27. The second-order valence-electron chi connectivity index (χ2n) is 3.45. The molecule has 2 aromatic rings. The van der Waals surface area contributed by atoms with Crippen LogP contribution in [0.1, 0.15) is 10.4 Å². The molecule has 86 valence electrons. The molecule has 17 heavy (non-hydrogen) atoms. The number of esters is 1. The minimum absolute atomic E-state index is 0.0425. The summed E-state index contributed by atoms with van der Waals surface area (Å²) >= 11 is 0. The fraction of sp³-hybridized carbons (Fsp3) is 0.0769. The monoisotopic (exact) mass is 229 g/mol. The van der Waals surface area contributed by atoms with E-state index < -0.39 is 5.97 Å². The Bertz CT molecular complexity index is 538. The minimum atomic E-state index is -0.521. The van der Waals surface area contributed by atoms with Gasteiger partial charge < -0.3 is 9.84 Å². The van der Waals surface area contributed by atoms with Crippen LogP contribution in [0.25, 0.3) is 11.3 Å². The van der Waals surface area contributed by atoms with Gasteiger partial charge in [0.15, 0.2) is 0 Å². The molecule has 4 nitrogen and oxygen atoms in total. The maximum atomic E-state index is 11.2. The molecule has 0 spiro atoms. The quantitative estimate of drug-likeness (QED) is 0.802. The first-order valence-electron chi connectivity index (χ1n) is 5.05. The fourth-order valence-corrected chi connectivity index (χ4v) is 1.50. The van der Waals surface area contributed by atoms with Crippen LogP contribution >= 0.6 is 0 Å². The van der Waals surface area contributed by atoms with Crippen molar-refractivity contribution in [3.8, 4) is 17.0 Å². The summed E-state index contributed by atoms with van der Waals surface area (Å²) in [7, 11) is 1.28. The third-order valence-corrected chi connectivity index (χ3v) is 2.34. The van der Waals surface area contributed by atoms with Crippen molar-refractivity contribution in [1.82, 2.24) is 4.98 Å². The molecule has 0 unspecified atom stereocenters. The summed E-state index contributed by atoms with van der Waals surface area (Å²) in [5.74, 6) is -0.563. The summed E-state index contributed by atoms with van der Waals surface area (Å²) in [5.41, 5.74) is 1.46. The van der Waals surface area contributed by atoms with Crippen molar-refractivity contribution in [1.29, 1.82) is 0 Å². The van der Waals surface area contributed by atoms with Crippen LogP contribution in [0.4, 0.5) is 0 Å². The summed E-state index contributed by atoms with van der Waals surface area (Å²) < 4.78 is 4.55. The lowest BCUT2D eigenvalue weighted by Crippen LogP contribution is -2.02. The van der Waals surface area contributed by atoms with Gasteiger partial charge in [-0.05, 0) is 6.07 Å². The molecular formula is C13H11NO3. The number of benzene rings is 1. The van der Waals surface area contributed by atoms with E-state index in [9.17, 15) is 9.90 Å². The van der Waals surface area contributed by atoms with Gasteiger partial charge in [-0.25, -0.2) is 4.79 Å². The van der Waals surface area contributed by atoms with Gasteiger partial charge in [0.1, 0.15) is 11.4 Å². The summed E-state index contributed by atoms with van der Waals surface area (Å²) in [6, 6.07) is 10.6. The number of hydrogen-bond acceptors (Lipinski definition) is 4. The molecule has 0 bridgehead atoms. The van der Waals surface area contributed by atoms with E-state index in [4.69, 9.17) is 0 Å². The van der Waals surface area contributed by atoms with E-state index in [2.05, 4.69) is 9.72 Å². The first kappa shape index (κ1) is 11.1. The maximum absolute atomic E-state index is 11.2. The van der Waals surface area contributed by atoms with Crippen molar-refractivity contribution >= 4 is 5.97 Å². The maximum Gasteiger partial charge on any atom is 0.339 e. The topological polar surface area (TPSA) is 59.4 Å². The average molecular weight is 229 g/mol. The lowest BCUT2D eigenvalue weighted by Gasteiger charge is -2.05. The van der Waals surface area contributed by atoms with Crippen LogP contribution in [0.2, 0.25) is 0 Å². The molecule has 0 atom stereocenters. The lowest BCUT2D eigenvalue weighted by atomic mass is 10.1. The minimum Gasteiger partial charge on any atom is -0.506 e. The summed E-state index contributed by atoms with van der Waals surface area (Å²) in [6.45, 7) is 0. The third kappa shape index (κ3) is 2.25. The first-order chi connectivity index (χ1) is 8.22. The van der Waals surface area contributed by atoms with E-state index in [1.807, 2.05) is 30.3 Å². The van der Waals surface area contributed by atoms with E-state index in [-0.39, 0.29) is 11.3 Å². The Labute approximate surface area is 98.5 Å². The number of aromatic hydroxyl groups is 1. The van der Waals surface area contributed by atoms with Gasteiger partial charge >= 0.3 is 5.97 Å². The molecule has 1 aromatic heterocycles. The van der Waals surface area contributed by atoms with Gasteiger partial charge in [-0.2, -0.15) is 0 Å². The van der Waals surface area contributed by atoms with Crippen molar-refractivity contribution < 1.29 is 14.6 Å². The fourth-order valence-electron chi connectivity index (χ4n) is 1.50. The molecule has 0 saturated carbocycles. The highest BCUT2D eigenvalue weighted by molar-refractivity contribution is 5.90. The molecule has 0 radical (unpaired) electrons. The van der Waals surface area contributed by atoms with Crippen molar-refractivity contribution in [2.45, 2.75) is 0 Å². The molecule has 1 aromatic carbocycles. The number of carbonyl (C=O) groups excluding carboxylic acids is 1. The number of pyridine rings is 1. The predicted molar refractivity (Wildman–Crippen MR) is 62.7 cm³/mol. The number of ether oxygens (including phenoxy) is 1. The molecule has 0 aliphatic heterocycles. The largest absolute Gasteiger partial charge is 0.506 e. The molecule has 0 fully saturated rings. The van der Waals surface area contributed by atoms with Gasteiger partial charge in [0.25, 0.3) is 0 Å². The van der Waals surface area contributed by atoms with Crippen molar-refractivity contribution in [2.24, 2.45) is 0 Å². The zero-order chi connectivity index (χ0) is 12.3. The van der Waals surface area contributed by atoms with Gasteiger partial charge in [-0.15, -0.1) is 0 Å². The van der Waals surface area contributed by atoms with Gasteiger partial charge in [0.2, 0.25) is 0 Å². The van der Waals surface area contributed by atoms with E-state index in [0.29, 0.717) is 5.69 Å². The smallest absolute Gasteiger partial charge is 0.339 e. The Morgan fingerprint density at radius 2 is 2.00 bits per heavy atom. The SMILES string of the molecule is COC(=O)c1cnc(-c2ccccc2)c(O)c1. The van der Waals surface area contributed by atoms with Crippen LogP contribution in [0.15, 0.2) is 42.6 Å². The lowest BCUT2D eigenvalue weighted by molar-refractivity contribution is 0.0600. The predicted octanol–water partition coefficient (Wildman–Crippen LogP) is 2.24. The molecule has 0 amide bonds. The number of aromatic nitrogens is 1. The molecule has 0 saturated heterocycles. The number of rotatable bonds is 2. The molecule has 4 heteroatoms. The molecule has 0 aliphatic rings. The van der Waals surface area contributed by atoms with Crippen LogP contribution in [0.3, 0.4) is 0 Å². The van der Waals surface area contributed by atoms with Crippen LogP contribution < -0.4 is 0 Å². The Morgan fingerprint density at radius 1 is 1.29 bits per heavy atom. The second kappa shape index (κ2) is 4.65. The second-order valence-corrected chi connectivity index (χ2v) is 3.45.